The highest BCUT2D eigenvalue weighted by atomic mass is 32.1. The fourth-order valence-corrected chi connectivity index (χ4v) is 3.99. The number of benzene rings is 2. The van der Waals surface area contributed by atoms with Crippen LogP contribution in [0.2, 0.25) is 0 Å². The van der Waals surface area contributed by atoms with Crippen LogP contribution in [-0.4, -0.2) is 29.8 Å². The third-order valence-corrected chi connectivity index (χ3v) is 5.43. The Morgan fingerprint density at radius 1 is 1.19 bits per heavy atom. The topological polar surface area (TPSA) is 66.6 Å². The van der Waals surface area contributed by atoms with Crippen LogP contribution in [0.4, 0.5) is 5.69 Å². The summed E-state index contributed by atoms with van der Waals surface area (Å²) in [4.78, 5) is 19.1. The van der Waals surface area contributed by atoms with Crippen molar-refractivity contribution in [3.05, 3.63) is 59.0 Å². The molecule has 2 heterocycles. The summed E-state index contributed by atoms with van der Waals surface area (Å²) in [5.41, 5.74) is 2.43. The van der Waals surface area contributed by atoms with Gasteiger partial charge in [0.2, 0.25) is 0 Å². The van der Waals surface area contributed by atoms with Gasteiger partial charge in [-0.1, -0.05) is 12.1 Å². The van der Waals surface area contributed by atoms with Crippen molar-refractivity contribution in [1.82, 2.24) is 4.98 Å². The predicted molar refractivity (Wildman–Crippen MR) is 106 cm³/mol. The van der Waals surface area contributed by atoms with E-state index in [4.69, 9.17) is 4.42 Å². The summed E-state index contributed by atoms with van der Waals surface area (Å²) in [7, 11) is 0. The molecule has 0 fully saturated rings. The SMILES string of the molecule is CCN(CCO)c1ccc2cc(-c3nc4ccccc4s3)c(=O)oc2c1. The lowest BCUT2D eigenvalue weighted by Crippen LogP contribution is -2.26. The van der Waals surface area contributed by atoms with E-state index in [1.165, 1.54) is 11.3 Å². The molecule has 0 spiro atoms. The summed E-state index contributed by atoms with van der Waals surface area (Å²) in [5, 5.41) is 10.7. The fraction of sp³-hybridized carbons (Fsp3) is 0.200. The Morgan fingerprint density at radius 2 is 2.04 bits per heavy atom. The molecule has 6 heteroatoms. The Kier molecular flexibility index (Phi) is 4.44. The number of thiazole rings is 1. The van der Waals surface area contributed by atoms with Gasteiger partial charge in [-0.3, -0.25) is 0 Å². The van der Waals surface area contributed by atoms with Gasteiger partial charge in [0, 0.05) is 30.2 Å². The first kappa shape index (κ1) is 16.8. The fourth-order valence-electron chi connectivity index (χ4n) is 3.02. The smallest absolute Gasteiger partial charge is 0.346 e. The van der Waals surface area contributed by atoms with Crippen LogP contribution in [0, 0.1) is 0 Å². The molecule has 0 aliphatic heterocycles. The number of nitrogens with zero attached hydrogens (tertiary/aromatic N) is 2. The first-order chi connectivity index (χ1) is 12.7. The molecule has 0 aliphatic carbocycles. The maximum Gasteiger partial charge on any atom is 0.346 e. The first-order valence-corrected chi connectivity index (χ1v) is 9.31. The molecule has 26 heavy (non-hydrogen) atoms. The Hall–Kier alpha value is -2.70. The second-order valence-electron chi connectivity index (χ2n) is 5.96. The van der Waals surface area contributed by atoms with E-state index in [0.29, 0.717) is 22.7 Å². The highest BCUT2D eigenvalue weighted by Gasteiger charge is 2.14. The van der Waals surface area contributed by atoms with Gasteiger partial charge in [0.15, 0.2) is 0 Å². The number of hydrogen-bond donors (Lipinski definition) is 1. The van der Waals surface area contributed by atoms with E-state index < -0.39 is 0 Å². The number of hydrogen-bond acceptors (Lipinski definition) is 6. The number of anilines is 1. The Morgan fingerprint density at radius 3 is 2.81 bits per heavy atom. The van der Waals surface area contributed by atoms with Gasteiger partial charge in [-0.25, -0.2) is 9.78 Å². The molecule has 0 aliphatic rings. The van der Waals surface area contributed by atoms with Crippen molar-refractivity contribution in [2.24, 2.45) is 0 Å². The van der Waals surface area contributed by atoms with Crippen LogP contribution in [0.25, 0.3) is 31.8 Å². The lowest BCUT2D eigenvalue weighted by molar-refractivity contribution is 0.302. The molecule has 4 rings (SSSR count). The van der Waals surface area contributed by atoms with Crippen molar-refractivity contribution in [2.75, 3.05) is 24.6 Å². The summed E-state index contributed by atoms with van der Waals surface area (Å²) in [5.74, 6) is 0. The molecule has 0 saturated heterocycles. The van der Waals surface area contributed by atoms with Crippen molar-refractivity contribution >= 4 is 38.2 Å². The second-order valence-corrected chi connectivity index (χ2v) is 6.99. The molecule has 0 atom stereocenters. The van der Waals surface area contributed by atoms with E-state index in [-0.39, 0.29) is 12.2 Å². The minimum absolute atomic E-state index is 0.0758. The molecule has 0 bridgehead atoms. The van der Waals surface area contributed by atoms with Gasteiger partial charge >= 0.3 is 5.63 Å². The zero-order valence-electron chi connectivity index (χ0n) is 14.3. The van der Waals surface area contributed by atoms with Crippen molar-refractivity contribution in [2.45, 2.75) is 6.92 Å². The van der Waals surface area contributed by atoms with E-state index in [0.717, 1.165) is 27.8 Å². The monoisotopic (exact) mass is 366 g/mol. The number of aliphatic hydroxyl groups is 1. The van der Waals surface area contributed by atoms with Crippen LogP contribution >= 0.6 is 11.3 Å². The molecule has 1 N–H and O–H groups in total. The minimum atomic E-state index is -0.390. The van der Waals surface area contributed by atoms with Gasteiger partial charge in [-0.2, -0.15) is 0 Å². The lowest BCUT2D eigenvalue weighted by Gasteiger charge is -2.22. The van der Waals surface area contributed by atoms with E-state index in [2.05, 4.69) is 4.98 Å². The molecular formula is C20H18N2O3S. The molecule has 5 nitrogen and oxygen atoms in total. The van der Waals surface area contributed by atoms with Crippen LogP contribution < -0.4 is 10.5 Å². The van der Waals surface area contributed by atoms with E-state index in [9.17, 15) is 9.90 Å². The van der Waals surface area contributed by atoms with Crippen LogP contribution in [0.5, 0.6) is 0 Å². The zero-order chi connectivity index (χ0) is 18.1. The standard InChI is InChI=1S/C20H18N2O3S/c1-2-22(9-10-23)14-8-7-13-11-15(20(24)25-17(13)12-14)19-21-16-5-3-4-6-18(16)26-19/h3-8,11-12,23H,2,9-10H2,1H3. The molecule has 0 unspecified atom stereocenters. The van der Waals surface area contributed by atoms with Crippen LogP contribution in [-0.2, 0) is 0 Å². The van der Waals surface area contributed by atoms with Crippen molar-refractivity contribution in [3.8, 4) is 10.6 Å². The van der Waals surface area contributed by atoms with E-state index in [1.807, 2.05) is 60.4 Å². The Labute approximate surface area is 154 Å². The number of aromatic nitrogens is 1. The van der Waals surface area contributed by atoms with Gasteiger partial charge in [0.25, 0.3) is 0 Å². The third kappa shape index (κ3) is 2.98. The molecule has 132 valence electrons. The molecule has 2 aromatic heterocycles. The number of aliphatic hydroxyl groups excluding tert-OH is 1. The summed E-state index contributed by atoms with van der Waals surface area (Å²) < 4.78 is 6.62. The van der Waals surface area contributed by atoms with Crippen LogP contribution in [0.15, 0.2) is 57.7 Å². The first-order valence-electron chi connectivity index (χ1n) is 8.49. The average Bonchev–Trinajstić information content (AvgIpc) is 3.09. The van der Waals surface area contributed by atoms with Crippen molar-refractivity contribution in [3.63, 3.8) is 0 Å². The molecular weight excluding hydrogens is 348 g/mol. The third-order valence-electron chi connectivity index (χ3n) is 4.36. The predicted octanol–water partition coefficient (Wildman–Crippen LogP) is 3.89. The minimum Gasteiger partial charge on any atom is -0.422 e. The van der Waals surface area contributed by atoms with Crippen molar-refractivity contribution < 1.29 is 9.52 Å². The van der Waals surface area contributed by atoms with Crippen LogP contribution in [0.3, 0.4) is 0 Å². The Balaban J connectivity index is 1.80. The number of para-hydroxylation sites is 1. The average molecular weight is 366 g/mol. The quantitative estimate of drug-likeness (QED) is 0.543. The molecule has 0 saturated carbocycles. The van der Waals surface area contributed by atoms with E-state index in [1.54, 1.807) is 0 Å². The van der Waals surface area contributed by atoms with Crippen molar-refractivity contribution in [1.29, 1.82) is 0 Å². The normalized spacial score (nSPS) is 11.3. The van der Waals surface area contributed by atoms with Gasteiger partial charge in [0.05, 0.1) is 22.4 Å². The van der Waals surface area contributed by atoms with Gasteiger partial charge < -0.3 is 14.4 Å². The van der Waals surface area contributed by atoms with E-state index >= 15 is 0 Å². The molecule has 4 aromatic rings. The zero-order valence-corrected chi connectivity index (χ0v) is 15.1. The summed E-state index contributed by atoms with van der Waals surface area (Å²) >= 11 is 1.48. The lowest BCUT2D eigenvalue weighted by atomic mass is 10.1. The highest BCUT2D eigenvalue weighted by molar-refractivity contribution is 7.21. The van der Waals surface area contributed by atoms with Gasteiger partial charge in [-0.15, -0.1) is 11.3 Å². The number of fused-ring (bicyclic) bond motifs is 2. The molecule has 0 radical (unpaired) electrons. The van der Waals surface area contributed by atoms with Crippen LogP contribution in [0.1, 0.15) is 6.92 Å². The summed E-state index contributed by atoms with van der Waals surface area (Å²) in [6, 6.07) is 15.4. The number of likely N-dealkylation sites (N-methyl/N-ethyl adjacent to an activating group) is 1. The maximum atomic E-state index is 12.5. The van der Waals surface area contributed by atoms with Gasteiger partial charge in [0.1, 0.15) is 10.6 Å². The summed E-state index contributed by atoms with van der Waals surface area (Å²) in [6.07, 6.45) is 0. The molecule has 2 aromatic carbocycles. The molecule has 0 amide bonds. The largest absolute Gasteiger partial charge is 0.422 e. The highest BCUT2D eigenvalue weighted by Crippen LogP contribution is 2.30. The summed E-state index contributed by atoms with van der Waals surface area (Å²) in [6.45, 7) is 3.40. The maximum absolute atomic E-state index is 12.5. The second kappa shape index (κ2) is 6.90. The van der Waals surface area contributed by atoms with Gasteiger partial charge in [-0.05, 0) is 37.3 Å². The number of rotatable bonds is 5. The Bertz CT molecular complexity index is 1100.